The number of ketones is 1. The van der Waals surface area contributed by atoms with Crippen LogP contribution in [0.25, 0.3) is 0 Å². The monoisotopic (exact) mass is 462 g/mol. The van der Waals surface area contributed by atoms with E-state index in [4.69, 9.17) is 9.47 Å². The predicted octanol–water partition coefficient (Wildman–Crippen LogP) is 3.23. The Kier molecular flexibility index (Phi) is 9.22. The first-order chi connectivity index (χ1) is 15.2. The van der Waals surface area contributed by atoms with Crippen LogP contribution in [-0.4, -0.2) is 39.9 Å². The number of rotatable bonds is 12. The minimum Gasteiger partial charge on any atom is -0.490 e. The summed E-state index contributed by atoms with van der Waals surface area (Å²) in [6.45, 7) is 7.97. The van der Waals surface area contributed by atoms with Gasteiger partial charge in [-0.3, -0.25) is 9.59 Å². The van der Waals surface area contributed by atoms with E-state index in [0.29, 0.717) is 30.3 Å². The Hall–Kier alpha value is -2.91. The number of amides is 1. The molecule has 1 unspecified atom stereocenters. The number of Topliss-reactive ketones (excluding diaryl/α,β-unsaturated/α-hetero) is 1. The van der Waals surface area contributed by atoms with Gasteiger partial charge in [-0.25, -0.2) is 13.1 Å². The lowest BCUT2D eigenvalue weighted by Crippen LogP contribution is -2.32. The molecule has 0 aliphatic carbocycles. The molecule has 0 aromatic heterocycles. The van der Waals surface area contributed by atoms with Gasteiger partial charge in [0.1, 0.15) is 0 Å². The molecule has 1 amide bonds. The summed E-state index contributed by atoms with van der Waals surface area (Å²) in [5, 5.41) is 2.86. The fraction of sp³-hybridized carbons (Fsp3) is 0.391. The summed E-state index contributed by atoms with van der Waals surface area (Å²) >= 11 is 0. The van der Waals surface area contributed by atoms with Gasteiger partial charge in [-0.1, -0.05) is 18.2 Å². The van der Waals surface area contributed by atoms with Crippen LogP contribution in [0.2, 0.25) is 0 Å². The Labute approximate surface area is 189 Å². The lowest BCUT2D eigenvalue weighted by molar-refractivity contribution is -0.121. The third kappa shape index (κ3) is 7.06. The van der Waals surface area contributed by atoms with Gasteiger partial charge in [0.2, 0.25) is 15.9 Å². The first kappa shape index (κ1) is 25.4. The molecule has 0 bridgehead atoms. The summed E-state index contributed by atoms with van der Waals surface area (Å²) in [5.74, 6) is 0.812. The number of sulfonamides is 1. The summed E-state index contributed by atoms with van der Waals surface area (Å²) in [5.41, 5.74) is 1.27. The van der Waals surface area contributed by atoms with Crippen LogP contribution in [-0.2, 0) is 14.8 Å². The van der Waals surface area contributed by atoms with E-state index >= 15 is 0 Å². The molecular weight excluding hydrogens is 432 g/mol. The van der Waals surface area contributed by atoms with Crippen LogP contribution >= 0.6 is 0 Å². The zero-order chi connectivity index (χ0) is 23.7. The van der Waals surface area contributed by atoms with Crippen LogP contribution in [0.1, 0.15) is 56.1 Å². The van der Waals surface area contributed by atoms with Gasteiger partial charge in [-0.05, 0) is 57.5 Å². The number of hydrogen-bond donors (Lipinski definition) is 2. The molecule has 1 atom stereocenters. The summed E-state index contributed by atoms with van der Waals surface area (Å²) < 4.78 is 38.3. The molecule has 0 radical (unpaired) electrons. The third-order valence-electron chi connectivity index (χ3n) is 4.66. The highest BCUT2D eigenvalue weighted by Crippen LogP contribution is 2.30. The van der Waals surface area contributed by atoms with Crippen molar-refractivity contribution in [2.75, 3.05) is 19.8 Å². The molecule has 0 saturated carbocycles. The molecule has 2 rings (SSSR count). The van der Waals surface area contributed by atoms with Crippen molar-refractivity contribution in [2.24, 2.45) is 0 Å². The van der Waals surface area contributed by atoms with E-state index in [2.05, 4.69) is 10.0 Å². The van der Waals surface area contributed by atoms with Gasteiger partial charge in [0.25, 0.3) is 0 Å². The lowest BCUT2D eigenvalue weighted by Gasteiger charge is -2.17. The summed E-state index contributed by atoms with van der Waals surface area (Å²) in [4.78, 5) is 23.7. The zero-order valence-electron chi connectivity index (χ0n) is 18.8. The van der Waals surface area contributed by atoms with E-state index < -0.39 is 10.0 Å². The number of nitrogens with one attached hydrogen (secondary N) is 2. The van der Waals surface area contributed by atoms with Crippen LogP contribution in [0.5, 0.6) is 11.5 Å². The third-order valence-corrected chi connectivity index (χ3v) is 6.14. The molecule has 0 aliphatic rings. The highest BCUT2D eigenvalue weighted by Gasteiger charge is 2.16. The Morgan fingerprint density at radius 2 is 1.59 bits per heavy atom. The molecule has 2 N–H and O–H groups in total. The van der Waals surface area contributed by atoms with Crippen molar-refractivity contribution in [3.63, 3.8) is 0 Å². The number of ether oxygens (including phenoxy) is 2. The summed E-state index contributed by atoms with van der Waals surface area (Å²) in [7, 11) is -3.77. The maximum Gasteiger partial charge on any atom is 0.240 e. The zero-order valence-corrected chi connectivity index (χ0v) is 19.6. The highest BCUT2D eigenvalue weighted by atomic mass is 32.2. The van der Waals surface area contributed by atoms with Gasteiger partial charge < -0.3 is 14.8 Å². The number of carbonyl (C=O) groups is 2. The molecule has 32 heavy (non-hydrogen) atoms. The van der Waals surface area contributed by atoms with Crippen LogP contribution in [0, 0.1) is 0 Å². The second-order valence-electron chi connectivity index (χ2n) is 7.09. The van der Waals surface area contributed by atoms with Crippen molar-refractivity contribution in [3.05, 3.63) is 53.6 Å². The molecule has 0 spiro atoms. The molecule has 2 aromatic carbocycles. The summed E-state index contributed by atoms with van der Waals surface area (Å²) in [6.07, 6.45) is -0.0234. The largest absolute Gasteiger partial charge is 0.490 e. The molecule has 9 heteroatoms. The SMILES string of the molecule is CCOc1ccc(C(C)NC(=O)CCNS(=O)(=O)c2ccc(C(C)=O)cc2)cc1OCC. The normalized spacial score (nSPS) is 12.1. The van der Waals surface area contributed by atoms with E-state index in [0.717, 1.165) is 5.56 Å². The van der Waals surface area contributed by atoms with Gasteiger partial charge in [-0.2, -0.15) is 0 Å². The maximum atomic E-state index is 12.4. The second-order valence-corrected chi connectivity index (χ2v) is 8.86. The van der Waals surface area contributed by atoms with E-state index in [1.54, 1.807) is 6.07 Å². The second kappa shape index (κ2) is 11.6. The average molecular weight is 463 g/mol. The molecule has 0 heterocycles. The molecule has 0 aliphatic heterocycles. The topological polar surface area (TPSA) is 111 Å². The molecule has 2 aromatic rings. The molecule has 0 saturated heterocycles. The lowest BCUT2D eigenvalue weighted by atomic mass is 10.1. The Bertz CT molecular complexity index is 1030. The Morgan fingerprint density at radius 3 is 2.19 bits per heavy atom. The van der Waals surface area contributed by atoms with E-state index in [-0.39, 0.29) is 35.6 Å². The van der Waals surface area contributed by atoms with Crippen LogP contribution in [0.4, 0.5) is 0 Å². The van der Waals surface area contributed by atoms with Crippen molar-refractivity contribution in [3.8, 4) is 11.5 Å². The van der Waals surface area contributed by atoms with Crippen molar-refractivity contribution in [1.29, 1.82) is 0 Å². The molecular formula is C23H30N2O6S. The Balaban J connectivity index is 1.92. The molecule has 174 valence electrons. The van der Waals surface area contributed by atoms with Crippen LogP contribution in [0.15, 0.2) is 47.4 Å². The fourth-order valence-electron chi connectivity index (χ4n) is 2.99. The van der Waals surface area contributed by atoms with Gasteiger partial charge >= 0.3 is 0 Å². The summed E-state index contributed by atoms with van der Waals surface area (Å²) in [6, 6.07) is 10.8. The first-order valence-electron chi connectivity index (χ1n) is 10.5. The highest BCUT2D eigenvalue weighted by molar-refractivity contribution is 7.89. The smallest absolute Gasteiger partial charge is 0.240 e. The van der Waals surface area contributed by atoms with Crippen molar-refractivity contribution in [2.45, 2.75) is 45.1 Å². The van der Waals surface area contributed by atoms with E-state index in [1.807, 2.05) is 32.9 Å². The predicted molar refractivity (Wildman–Crippen MR) is 122 cm³/mol. The van der Waals surface area contributed by atoms with Gasteiger partial charge in [-0.15, -0.1) is 0 Å². The van der Waals surface area contributed by atoms with Gasteiger partial charge in [0, 0.05) is 18.5 Å². The average Bonchev–Trinajstić information content (AvgIpc) is 2.75. The van der Waals surface area contributed by atoms with E-state index in [9.17, 15) is 18.0 Å². The first-order valence-corrected chi connectivity index (χ1v) is 12.0. The van der Waals surface area contributed by atoms with Crippen molar-refractivity contribution in [1.82, 2.24) is 10.0 Å². The fourth-order valence-corrected chi connectivity index (χ4v) is 4.02. The molecule has 0 fully saturated rings. The van der Waals surface area contributed by atoms with Gasteiger partial charge in [0.05, 0.1) is 24.2 Å². The minimum atomic E-state index is -3.77. The Morgan fingerprint density at radius 1 is 0.969 bits per heavy atom. The van der Waals surface area contributed by atoms with Crippen LogP contribution < -0.4 is 19.5 Å². The quantitative estimate of drug-likeness (QED) is 0.469. The van der Waals surface area contributed by atoms with Crippen LogP contribution in [0.3, 0.4) is 0 Å². The standard InChI is InChI=1S/C23H30N2O6S/c1-5-30-21-12-9-19(15-22(21)31-6-2)16(3)25-23(27)13-14-24-32(28,29)20-10-7-18(8-11-20)17(4)26/h7-12,15-16,24H,5-6,13-14H2,1-4H3,(H,25,27). The minimum absolute atomic E-state index is 0.0234. The number of benzene rings is 2. The number of carbonyl (C=O) groups excluding carboxylic acids is 2. The van der Waals surface area contributed by atoms with Crippen molar-refractivity contribution >= 4 is 21.7 Å². The molecule has 8 nitrogen and oxygen atoms in total. The number of hydrogen-bond acceptors (Lipinski definition) is 6. The van der Waals surface area contributed by atoms with E-state index in [1.165, 1.54) is 31.2 Å². The maximum absolute atomic E-state index is 12.4. The van der Waals surface area contributed by atoms with Crippen molar-refractivity contribution < 1.29 is 27.5 Å². The van der Waals surface area contributed by atoms with Gasteiger partial charge in [0.15, 0.2) is 17.3 Å².